The number of fused-ring (bicyclic) bond motifs is 7. The van der Waals surface area contributed by atoms with Crippen LogP contribution in [-0.4, -0.2) is 30.4 Å². The van der Waals surface area contributed by atoms with Gasteiger partial charge in [-0.25, -0.2) is 0 Å². The molecular weight excluding hydrogens is 222 g/mol. The van der Waals surface area contributed by atoms with Crippen LogP contribution in [0.4, 0.5) is 0 Å². The van der Waals surface area contributed by atoms with E-state index in [2.05, 4.69) is 38.4 Å². The van der Waals surface area contributed by atoms with E-state index in [9.17, 15) is 4.79 Å². The lowest BCUT2D eigenvalue weighted by atomic mass is 9.88. The molecule has 1 aliphatic carbocycles. The number of carbonyl (C=O) groups excluding carboxylic acids is 1. The zero-order valence-corrected chi connectivity index (χ0v) is 10.8. The molecule has 3 aliphatic rings. The number of benzene rings is 1. The number of allylic oxidation sites excluding steroid dienone is 1. The van der Waals surface area contributed by atoms with E-state index in [4.69, 9.17) is 0 Å². The van der Waals surface area contributed by atoms with E-state index >= 15 is 0 Å². The molecule has 0 radical (unpaired) electrons. The van der Waals surface area contributed by atoms with Crippen LogP contribution in [0.1, 0.15) is 28.4 Å². The van der Waals surface area contributed by atoms with Gasteiger partial charge in [0.15, 0.2) is 6.04 Å². The van der Waals surface area contributed by atoms with Crippen molar-refractivity contribution in [3.8, 4) is 0 Å². The highest BCUT2D eigenvalue weighted by atomic mass is 16.1. The Labute approximate surface area is 108 Å². The number of quaternary nitrogens is 1. The number of ketones is 1. The maximum atomic E-state index is 12.8. The van der Waals surface area contributed by atoms with Crippen molar-refractivity contribution in [3.05, 3.63) is 47.5 Å². The van der Waals surface area contributed by atoms with E-state index in [1.165, 1.54) is 5.56 Å². The smallest absolute Gasteiger partial charge is 0.220 e. The van der Waals surface area contributed by atoms with Crippen LogP contribution >= 0.6 is 0 Å². The van der Waals surface area contributed by atoms with Crippen LogP contribution in [-0.2, 0) is 0 Å². The highest BCUT2D eigenvalue weighted by Gasteiger charge is 2.63. The van der Waals surface area contributed by atoms with Crippen molar-refractivity contribution in [2.45, 2.75) is 18.5 Å². The van der Waals surface area contributed by atoms with E-state index in [0.29, 0.717) is 23.7 Å². The fourth-order valence-corrected chi connectivity index (χ4v) is 4.68. The van der Waals surface area contributed by atoms with Gasteiger partial charge in [-0.2, -0.15) is 0 Å². The molecule has 0 spiro atoms. The summed E-state index contributed by atoms with van der Waals surface area (Å²) in [6, 6.07) is 8.85. The highest BCUT2D eigenvalue weighted by Crippen LogP contribution is 2.56. The first-order chi connectivity index (χ1) is 8.62. The van der Waals surface area contributed by atoms with E-state index in [0.717, 1.165) is 16.5 Å². The summed E-state index contributed by atoms with van der Waals surface area (Å²) in [6.07, 6.45) is 5.70. The molecule has 4 rings (SSSR count). The molecule has 2 nitrogen and oxygen atoms in total. The zero-order chi connectivity index (χ0) is 12.5. The molecule has 0 N–H and O–H groups in total. The van der Waals surface area contributed by atoms with Gasteiger partial charge in [-0.3, -0.25) is 4.79 Å². The standard InChI is InChI=1S/C16H18NO/c1-17(2)14-10-8-5-9-11(10)15(17)16(18)13-7-4-3-6-12(13)14/h3-8,10-11,14-15H,9H2,1-2H3/q+1. The maximum Gasteiger partial charge on any atom is 0.220 e. The van der Waals surface area contributed by atoms with Gasteiger partial charge in [0, 0.05) is 23.0 Å². The third-order valence-corrected chi connectivity index (χ3v) is 5.28. The summed E-state index contributed by atoms with van der Waals surface area (Å²) >= 11 is 0. The highest BCUT2D eigenvalue weighted by molar-refractivity contribution is 6.02. The van der Waals surface area contributed by atoms with E-state index < -0.39 is 0 Å². The molecule has 1 aromatic rings. The van der Waals surface area contributed by atoms with Crippen molar-refractivity contribution in [1.29, 1.82) is 0 Å². The van der Waals surface area contributed by atoms with Crippen molar-refractivity contribution >= 4 is 5.78 Å². The molecule has 2 heterocycles. The van der Waals surface area contributed by atoms with Gasteiger partial charge < -0.3 is 4.48 Å². The number of hydrogen-bond donors (Lipinski definition) is 0. The van der Waals surface area contributed by atoms with Crippen molar-refractivity contribution in [2.75, 3.05) is 14.1 Å². The Kier molecular flexibility index (Phi) is 1.82. The van der Waals surface area contributed by atoms with Crippen LogP contribution in [0.15, 0.2) is 36.4 Å². The van der Waals surface area contributed by atoms with Crippen molar-refractivity contribution < 1.29 is 9.28 Å². The summed E-state index contributed by atoms with van der Waals surface area (Å²) in [5.41, 5.74) is 2.25. The number of rotatable bonds is 0. The molecule has 0 aromatic heterocycles. The Balaban J connectivity index is 2.01. The fraction of sp³-hybridized carbons (Fsp3) is 0.438. The molecule has 2 heteroatoms. The largest absolute Gasteiger partial charge is 0.313 e. The quantitative estimate of drug-likeness (QED) is 0.503. The molecule has 1 aromatic carbocycles. The molecular formula is C16H18NO+. The normalized spacial score (nSPS) is 38.7. The predicted octanol–water partition coefficient (Wildman–Crippen LogP) is 2.57. The summed E-state index contributed by atoms with van der Waals surface area (Å²) in [4.78, 5) is 12.8. The lowest BCUT2D eigenvalue weighted by Crippen LogP contribution is -2.54. The number of hydrogen-bond acceptors (Lipinski definition) is 1. The van der Waals surface area contributed by atoms with Crippen LogP contribution in [0, 0.1) is 11.8 Å². The van der Waals surface area contributed by atoms with Gasteiger partial charge in [-0.05, 0) is 6.42 Å². The molecule has 0 amide bonds. The van der Waals surface area contributed by atoms with Gasteiger partial charge in [0.1, 0.15) is 6.04 Å². The fourth-order valence-electron chi connectivity index (χ4n) is 4.68. The second kappa shape index (κ2) is 3.12. The Bertz CT molecular complexity index is 572. The van der Waals surface area contributed by atoms with Crippen LogP contribution < -0.4 is 0 Å². The molecule has 2 aliphatic heterocycles. The zero-order valence-electron chi connectivity index (χ0n) is 10.8. The minimum Gasteiger partial charge on any atom is -0.313 e. The molecule has 1 fully saturated rings. The summed E-state index contributed by atoms with van der Waals surface area (Å²) in [5.74, 6) is 1.44. The second-order valence-corrected chi connectivity index (χ2v) is 6.38. The van der Waals surface area contributed by atoms with Gasteiger partial charge in [0.25, 0.3) is 0 Å². The minimum atomic E-state index is 0.157. The number of Topliss-reactive ketones (excluding diaryl/α,β-unsaturated/α-hetero) is 1. The summed E-state index contributed by atoms with van der Waals surface area (Å²) < 4.78 is 0.843. The summed E-state index contributed by atoms with van der Waals surface area (Å²) in [7, 11) is 4.46. The van der Waals surface area contributed by atoms with E-state index in [1.807, 2.05) is 12.1 Å². The van der Waals surface area contributed by atoms with Crippen molar-refractivity contribution in [2.24, 2.45) is 11.8 Å². The Morgan fingerprint density at radius 3 is 2.78 bits per heavy atom. The number of nitrogens with zero attached hydrogens (tertiary/aromatic N) is 1. The summed E-state index contributed by atoms with van der Waals surface area (Å²) in [6.45, 7) is 0. The minimum absolute atomic E-state index is 0.157. The Hall–Kier alpha value is -1.41. The SMILES string of the molecule is C[N+]1(C)C2C(=O)c3ccccc3C1C1C=CCC12. The van der Waals surface area contributed by atoms with Crippen LogP contribution in [0.5, 0.6) is 0 Å². The molecule has 4 unspecified atom stereocenters. The Morgan fingerprint density at radius 2 is 1.94 bits per heavy atom. The third-order valence-electron chi connectivity index (χ3n) is 5.28. The lowest BCUT2D eigenvalue weighted by Gasteiger charge is -2.42. The van der Waals surface area contributed by atoms with Gasteiger partial charge in [-0.1, -0.05) is 36.4 Å². The molecule has 1 saturated heterocycles. The van der Waals surface area contributed by atoms with Crippen molar-refractivity contribution in [3.63, 3.8) is 0 Å². The van der Waals surface area contributed by atoms with Crippen molar-refractivity contribution in [1.82, 2.24) is 0 Å². The second-order valence-electron chi connectivity index (χ2n) is 6.38. The van der Waals surface area contributed by atoms with Gasteiger partial charge in [-0.15, -0.1) is 0 Å². The maximum absolute atomic E-state index is 12.8. The predicted molar refractivity (Wildman–Crippen MR) is 70.1 cm³/mol. The molecule has 2 bridgehead atoms. The van der Waals surface area contributed by atoms with Crippen LogP contribution in [0.2, 0.25) is 0 Å². The first-order valence-corrected chi connectivity index (χ1v) is 6.75. The van der Waals surface area contributed by atoms with Gasteiger partial charge in [0.05, 0.1) is 14.1 Å². The topological polar surface area (TPSA) is 17.1 Å². The average Bonchev–Trinajstić information content (AvgIpc) is 2.82. The average molecular weight is 240 g/mol. The first-order valence-electron chi connectivity index (χ1n) is 6.75. The van der Waals surface area contributed by atoms with E-state index in [-0.39, 0.29) is 6.04 Å². The lowest BCUT2D eigenvalue weighted by molar-refractivity contribution is -0.926. The Morgan fingerprint density at radius 1 is 1.17 bits per heavy atom. The van der Waals surface area contributed by atoms with Gasteiger partial charge >= 0.3 is 0 Å². The molecule has 4 atom stereocenters. The molecule has 0 saturated carbocycles. The van der Waals surface area contributed by atoms with Crippen LogP contribution in [0.25, 0.3) is 0 Å². The molecule has 18 heavy (non-hydrogen) atoms. The number of carbonyl (C=O) groups is 1. The van der Waals surface area contributed by atoms with Crippen LogP contribution in [0.3, 0.4) is 0 Å². The van der Waals surface area contributed by atoms with E-state index in [1.54, 1.807) is 0 Å². The molecule has 92 valence electrons. The number of likely N-dealkylation sites (N-methyl/N-ethyl adjacent to an activating group) is 1. The monoisotopic (exact) mass is 240 g/mol. The summed E-state index contributed by atoms with van der Waals surface area (Å²) in [5, 5.41) is 0. The first kappa shape index (κ1) is 10.5. The third kappa shape index (κ3) is 1.01. The van der Waals surface area contributed by atoms with Gasteiger partial charge in [0.2, 0.25) is 5.78 Å².